The van der Waals surface area contributed by atoms with Gasteiger partial charge in [0.15, 0.2) is 0 Å². The first-order valence-electron chi connectivity index (χ1n) is 12.7. The number of aryl methyl sites for hydroxylation is 1. The molecule has 182 valence electrons. The molecule has 1 fully saturated rings. The molecular formula is C30H39NO3. The summed E-state index contributed by atoms with van der Waals surface area (Å²) in [6, 6.07) is 12.1. The van der Waals surface area contributed by atoms with Gasteiger partial charge in [-0.3, -0.25) is 4.79 Å². The van der Waals surface area contributed by atoms with E-state index in [4.69, 9.17) is 4.74 Å². The fraction of sp³-hybridized carbons (Fsp3) is 0.533. The molecule has 0 bridgehead atoms. The Bertz CT molecular complexity index is 1080. The Labute approximate surface area is 204 Å². The number of esters is 1. The standard InChI is InChI=1S/C30H39NO3/c1-19-16-26-25(29(3,4)18-20(2)30(26,5)6)17-24(19)28(33)34-15-14-21-10-12-23(13-11-21)31-27(32)22-8-7-9-22/h10-13,16-17,20,22H,7-9,14-15,18H2,1-6H3,(H,31,32). The maximum atomic E-state index is 13.0. The SMILES string of the molecule is Cc1cc2c(cc1C(=O)OCCc1ccc(NC(=O)C3CCC3)cc1)C(C)(C)CC(C)C2(C)C. The first kappa shape index (κ1) is 24.5. The molecule has 4 nitrogen and oxygen atoms in total. The van der Waals surface area contributed by atoms with Gasteiger partial charge in [-0.1, -0.05) is 59.2 Å². The third-order valence-electron chi connectivity index (χ3n) is 8.38. The van der Waals surface area contributed by atoms with E-state index in [0.717, 1.165) is 42.5 Å². The molecule has 0 heterocycles. The smallest absolute Gasteiger partial charge is 0.338 e. The van der Waals surface area contributed by atoms with Crippen molar-refractivity contribution in [1.82, 2.24) is 0 Å². The summed E-state index contributed by atoms with van der Waals surface area (Å²) >= 11 is 0. The van der Waals surface area contributed by atoms with E-state index in [1.807, 2.05) is 31.2 Å². The minimum atomic E-state index is -0.253. The van der Waals surface area contributed by atoms with Crippen LogP contribution in [-0.4, -0.2) is 18.5 Å². The van der Waals surface area contributed by atoms with Crippen molar-refractivity contribution < 1.29 is 14.3 Å². The van der Waals surface area contributed by atoms with Crippen LogP contribution in [0.15, 0.2) is 36.4 Å². The molecule has 0 spiro atoms. The van der Waals surface area contributed by atoms with E-state index in [0.29, 0.717) is 24.5 Å². The maximum Gasteiger partial charge on any atom is 0.338 e. The third-order valence-corrected chi connectivity index (χ3v) is 8.38. The highest BCUT2D eigenvalue weighted by atomic mass is 16.5. The lowest BCUT2D eigenvalue weighted by molar-refractivity contribution is -0.122. The van der Waals surface area contributed by atoms with E-state index < -0.39 is 0 Å². The normalized spacial score (nSPS) is 20.7. The summed E-state index contributed by atoms with van der Waals surface area (Å²) < 4.78 is 5.68. The van der Waals surface area contributed by atoms with Gasteiger partial charge in [-0.25, -0.2) is 4.79 Å². The van der Waals surface area contributed by atoms with Crippen LogP contribution < -0.4 is 5.32 Å². The molecule has 2 aliphatic rings. The van der Waals surface area contributed by atoms with Gasteiger partial charge >= 0.3 is 5.97 Å². The lowest BCUT2D eigenvalue weighted by atomic mass is 9.58. The van der Waals surface area contributed by atoms with Gasteiger partial charge in [0.25, 0.3) is 0 Å². The number of amides is 1. The second-order valence-electron chi connectivity index (χ2n) is 11.6. The molecule has 4 rings (SSSR count). The van der Waals surface area contributed by atoms with Crippen LogP contribution in [0.25, 0.3) is 0 Å². The fourth-order valence-corrected chi connectivity index (χ4v) is 5.43. The van der Waals surface area contributed by atoms with Gasteiger partial charge in [0.1, 0.15) is 0 Å². The Hall–Kier alpha value is -2.62. The lowest BCUT2D eigenvalue weighted by Crippen LogP contribution is -2.40. The number of carbonyl (C=O) groups is 2. The molecule has 1 N–H and O–H groups in total. The van der Waals surface area contributed by atoms with E-state index in [2.05, 4.69) is 52.1 Å². The van der Waals surface area contributed by atoms with Crippen LogP contribution in [0.2, 0.25) is 0 Å². The minimum absolute atomic E-state index is 0.0306. The molecule has 34 heavy (non-hydrogen) atoms. The van der Waals surface area contributed by atoms with Crippen LogP contribution in [0, 0.1) is 18.8 Å². The minimum Gasteiger partial charge on any atom is -0.462 e. The van der Waals surface area contributed by atoms with E-state index in [1.165, 1.54) is 11.1 Å². The molecule has 2 aromatic carbocycles. The van der Waals surface area contributed by atoms with Gasteiger partial charge in [0.05, 0.1) is 12.2 Å². The summed E-state index contributed by atoms with van der Waals surface area (Å²) in [5.74, 6) is 0.614. The van der Waals surface area contributed by atoms with Crippen LogP contribution >= 0.6 is 0 Å². The molecule has 0 aliphatic heterocycles. The number of benzene rings is 2. The predicted octanol–water partition coefficient (Wildman–Crippen LogP) is 6.73. The molecule has 2 aliphatic carbocycles. The van der Waals surface area contributed by atoms with Crippen LogP contribution in [-0.2, 0) is 26.8 Å². The molecule has 4 heteroatoms. The summed E-state index contributed by atoms with van der Waals surface area (Å²) in [4.78, 5) is 25.1. The van der Waals surface area contributed by atoms with Crippen LogP contribution in [0.3, 0.4) is 0 Å². The number of anilines is 1. The van der Waals surface area contributed by atoms with Crippen molar-refractivity contribution in [1.29, 1.82) is 0 Å². The lowest BCUT2D eigenvalue weighted by Gasteiger charge is -2.46. The number of hydrogen-bond acceptors (Lipinski definition) is 3. The average Bonchev–Trinajstić information content (AvgIpc) is 2.72. The van der Waals surface area contributed by atoms with E-state index in [-0.39, 0.29) is 28.6 Å². The second-order valence-corrected chi connectivity index (χ2v) is 11.6. The maximum absolute atomic E-state index is 13.0. The highest BCUT2D eigenvalue weighted by molar-refractivity contribution is 5.93. The van der Waals surface area contributed by atoms with Gasteiger partial charge in [-0.05, 0) is 83.4 Å². The van der Waals surface area contributed by atoms with Crippen LogP contribution in [0.1, 0.15) is 92.9 Å². The van der Waals surface area contributed by atoms with Crippen molar-refractivity contribution >= 4 is 17.6 Å². The summed E-state index contributed by atoms with van der Waals surface area (Å²) in [5.41, 5.74) is 6.29. The first-order valence-corrected chi connectivity index (χ1v) is 12.7. The van der Waals surface area contributed by atoms with Crippen molar-refractivity contribution in [3.8, 4) is 0 Å². The second kappa shape index (κ2) is 9.20. The average molecular weight is 462 g/mol. The Morgan fingerprint density at radius 2 is 1.71 bits per heavy atom. The van der Waals surface area contributed by atoms with Crippen LogP contribution in [0.4, 0.5) is 5.69 Å². The quantitative estimate of drug-likeness (QED) is 0.485. The third kappa shape index (κ3) is 4.78. The Balaban J connectivity index is 1.38. The Morgan fingerprint density at radius 1 is 1.03 bits per heavy atom. The highest BCUT2D eigenvalue weighted by Crippen LogP contribution is 2.49. The summed E-state index contributed by atoms with van der Waals surface area (Å²) in [5, 5.41) is 2.99. The summed E-state index contributed by atoms with van der Waals surface area (Å²) in [6.07, 6.45) is 4.88. The van der Waals surface area contributed by atoms with Crippen LogP contribution in [0.5, 0.6) is 0 Å². The summed E-state index contributed by atoms with van der Waals surface area (Å²) in [6.45, 7) is 13.9. The molecule has 0 saturated heterocycles. The van der Waals surface area contributed by atoms with Crippen molar-refractivity contribution in [3.63, 3.8) is 0 Å². The molecule has 2 aromatic rings. The Morgan fingerprint density at radius 3 is 2.32 bits per heavy atom. The number of carbonyl (C=O) groups excluding carboxylic acids is 2. The number of ether oxygens (including phenoxy) is 1. The highest BCUT2D eigenvalue weighted by Gasteiger charge is 2.42. The van der Waals surface area contributed by atoms with Crippen molar-refractivity contribution in [2.24, 2.45) is 11.8 Å². The van der Waals surface area contributed by atoms with E-state index in [1.54, 1.807) is 0 Å². The molecule has 1 amide bonds. The first-order chi connectivity index (χ1) is 16.0. The molecule has 0 aromatic heterocycles. The zero-order valence-electron chi connectivity index (χ0n) is 21.6. The van der Waals surface area contributed by atoms with Crippen molar-refractivity contribution in [2.45, 2.75) is 84.5 Å². The van der Waals surface area contributed by atoms with E-state index >= 15 is 0 Å². The van der Waals surface area contributed by atoms with Gasteiger partial charge in [0.2, 0.25) is 5.91 Å². The molecule has 1 unspecified atom stereocenters. The largest absolute Gasteiger partial charge is 0.462 e. The number of rotatable bonds is 6. The number of nitrogens with one attached hydrogen (secondary N) is 1. The zero-order chi connectivity index (χ0) is 24.7. The topological polar surface area (TPSA) is 55.4 Å². The Kier molecular flexibility index (Phi) is 6.63. The molecule has 0 radical (unpaired) electrons. The van der Waals surface area contributed by atoms with Gasteiger partial charge in [-0.15, -0.1) is 0 Å². The molecule has 1 saturated carbocycles. The van der Waals surface area contributed by atoms with Gasteiger partial charge in [-0.2, -0.15) is 0 Å². The monoisotopic (exact) mass is 461 g/mol. The summed E-state index contributed by atoms with van der Waals surface area (Å²) in [7, 11) is 0. The van der Waals surface area contributed by atoms with Crippen molar-refractivity contribution in [3.05, 3.63) is 64.2 Å². The van der Waals surface area contributed by atoms with E-state index in [9.17, 15) is 9.59 Å². The van der Waals surface area contributed by atoms with Gasteiger partial charge in [0, 0.05) is 18.0 Å². The number of hydrogen-bond donors (Lipinski definition) is 1. The fourth-order valence-electron chi connectivity index (χ4n) is 5.43. The molecule has 1 atom stereocenters. The number of fused-ring (bicyclic) bond motifs is 1. The predicted molar refractivity (Wildman–Crippen MR) is 137 cm³/mol. The zero-order valence-corrected chi connectivity index (χ0v) is 21.6. The van der Waals surface area contributed by atoms with Gasteiger partial charge < -0.3 is 10.1 Å². The van der Waals surface area contributed by atoms with Crippen molar-refractivity contribution in [2.75, 3.05) is 11.9 Å². The molecular weight excluding hydrogens is 422 g/mol.